The van der Waals surface area contributed by atoms with Crippen LogP contribution in [0.3, 0.4) is 0 Å². The summed E-state index contributed by atoms with van der Waals surface area (Å²) in [6, 6.07) is 13.1. The number of hydrogen-bond donors (Lipinski definition) is 2. The number of thiazole rings is 1. The SMILES string of the molecule is N=C(N)c1ccc(OCc2nc3ccccc3s2)cc1Cl. The summed E-state index contributed by atoms with van der Waals surface area (Å²) in [6.07, 6.45) is 0. The van der Waals surface area contributed by atoms with Crippen molar-refractivity contribution in [1.82, 2.24) is 4.98 Å². The van der Waals surface area contributed by atoms with Crippen LogP contribution in [0.2, 0.25) is 5.02 Å². The monoisotopic (exact) mass is 317 g/mol. The molecule has 0 saturated heterocycles. The summed E-state index contributed by atoms with van der Waals surface area (Å²) in [6.45, 7) is 0.384. The van der Waals surface area contributed by atoms with Gasteiger partial charge in [0.05, 0.1) is 15.2 Å². The zero-order chi connectivity index (χ0) is 14.8. The number of fused-ring (bicyclic) bond motifs is 1. The minimum atomic E-state index is -0.0577. The lowest BCUT2D eigenvalue weighted by Gasteiger charge is -2.07. The molecule has 3 rings (SSSR count). The number of para-hydroxylation sites is 1. The molecule has 106 valence electrons. The third kappa shape index (κ3) is 2.99. The van der Waals surface area contributed by atoms with E-state index in [-0.39, 0.29) is 5.84 Å². The van der Waals surface area contributed by atoms with Gasteiger partial charge in [-0.25, -0.2) is 4.98 Å². The van der Waals surface area contributed by atoms with Crippen molar-refractivity contribution in [2.45, 2.75) is 6.61 Å². The van der Waals surface area contributed by atoms with Crippen LogP contribution in [0.4, 0.5) is 0 Å². The number of halogens is 1. The molecular formula is C15H12ClN3OS. The van der Waals surface area contributed by atoms with E-state index in [4.69, 9.17) is 27.5 Å². The topological polar surface area (TPSA) is 72.0 Å². The Morgan fingerprint density at radius 3 is 2.81 bits per heavy atom. The third-order valence-corrected chi connectivity index (χ3v) is 4.25. The molecule has 3 aromatic rings. The molecule has 6 heteroatoms. The molecule has 4 nitrogen and oxygen atoms in total. The first-order valence-corrected chi connectivity index (χ1v) is 7.44. The molecular weight excluding hydrogens is 306 g/mol. The predicted octanol–water partition coefficient (Wildman–Crippen LogP) is 3.81. The Bertz CT molecular complexity index is 783. The Hall–Kier alpha value is -2.11. The van der Waals surface area contributed by atoms with E-state index in [0.29, 0.717) is 22.9 Å². The highest BCUT2D eigenvalue weighted by Crippen LogP contribution is 2.25. The maximum Gasteiger partial charge on any atom is 0.140 e. The summed E-state index contributed by atoms with van der Waals surface area (Å²) >= 11 is 7.66. The number of nitrogens with two attached hydrogens (primary N) is 1. The fourth-order valence-corrected chi connectivity index (χ4v) is 3.08. The molecule has 2 aromatic carbocycles. The summed E-state index contributed by atoms with van der Waals surface area (Å²) in [4.78, 5) is 4.50. The molecule has 0 spiro atoms. The zero-order valence-electron chi connectivity index (χ0n) is 11.0. The molecule has 21 heavy (non-hydrogen) atoms. The van der Waals surface area contributed by atoms with Gasteiger partial charge in [-0.15, -0.1) is 11.3 Å². The summed E-state index contributed by atoms with van der Waals surface area (Å²) < 4.78 is 6.83. The van der Waals surface area contributed by atoms with Gasteiger partial charge in [-0.05, 0) is 30.3 Å². The molecule has 0 aliphatic rings. The minimum Gasteiger partial charge on any atom is -0.486 e. The lowest BCUT2D eigenvalue weighted by molar-refractivity contribution is 0.306. The quantitative estimate of drug-likeness (QED) is 0.567. The molecule has 0 radical (unpaired) electrons. The Morgan fingerprint density at radius 1 is 1.29 bits per heavy atom. The predicted molar refractivity (Wildman–Crippen MR) is 86.4 cm³/mol. The summed E-state index contributed by atoms with van der Waals surface area (Å²) in [5, 5.41) is 8.70. The number of nitrogen functional groups attached to an aromatic ring is 1. The Labute approximate surface area is 130 Å². The van der Waals surface area contributed by atoms with E-state index >= 15 is 0 Å². The van der Waals surface area contributed by atoms with Gasteiger partial charge in [-0.2, -0.15) is 0 Å². The Kier molecular flexibility index (Phi) is 3.77. The second-order valence-corrected chi connectivity index (χ2v) is 5.94. The van der Waals surface area contributed by atoms with Crippen molar-refractivity contribution in [2.75, 3.05) is 0 Å². The van der Waals surface area contributed by atoms with Crippen molar-refractivity contribution < 1.29 is 4.74 Å². The Morgan fingerprint density at radius 2 is 2.10 bits per heavy atom. The lowest BCUT2D eigenvalue weighted by Crippen LogP contribution is -2.11. The van der Waals surface area contributed by atoms with E-state index in [1.807, 2.05) is 24.3 Å². The summed E-state index contributed by atoms with van der Waals surface area (Å²) in [5.41, 5.74) is 6.90. The number of benzene rings is 2. The lowest BCUT2D eigenvalue weighted by atomic mass is 10.2. The number of aromatic nitrogens is 1. The number of ether oxygens (including phenoxy) is 1. The standard InChI is InChI=1S/C15H12ClN3OS/c16-11-7-9(5-6-10(11)15(17)18)20-8-14-19-12-3-1-2-4-13(12)21-14/h1-7H,8H2,(H3,17,18). The number of nitrogens with zero attached hydrogens (tertiary/aromatic N) is 1. The Balaban J connectivity index is 1.75. The smallest absolute Gasteiger partial charge is 0.140 e. The third-order valence-electron chi connectivity index (χ3n) is 2.93. The van der Waals surface area contributed by atoms with Crippen molar-refractivity contribution >= 4 is 39.0 Å². The minimum absolute atomic E-state index is 0.0577. The highest BCUT2D eigenvalue weighted by Gasteiger charge is 2.07. The van der Waals surface area contributed by atoms with Gasteiger partial charge in [0.25, 0.3) is 0 Å². The number of hydrogen-bond acceptors (Lipinski definition) is 4. The van der Waals surface area contributed by atoms with Crippen molar-refractivity contribution in [3.8, 4) is 5.75 Å². The zero-order valence-corrected chi connectivity index (χ0v) is 12.5. The van der Waals surface area contributed by atoms with Gasteiger partial charge in [0, 0.05) is 5.56 Å². The first-order chi connectivity index (χ1) is 10.1. The average Bonchev–Trinajstić information content (AvgIpc) is 2.87. The van der Waals surface area contributed by atoms with Crippen LogP contribution in [-0.4, -0.2) is 10.8 Å². The molecule has 3 N–H and O–H groups in total. The molecule has 0 atom stereocenters. The molecule has 0 aliphatic carbocycles. The van der Waals surface area contributed by atoms with Gasteiger partial charge in [0.1, 0.15) is 23.2 Å². The van der Waals surface area contributed by atoms with E-state index in [9.17, 15) is 0 Å². The average molecular weight is 318 g/mol. The van der Waals surface area contributed by atoms with Gasteiger partial charge in [0.15, 0.2) is 0 Å². The van der Waals surface area contributed by atoms with Crippen LogP contribution in [-0.2, 0) is 6.61 Å². The van der Waals surface area contributed by atoms with Crippen LogP contribution in [0.25, 0.3) is 10.2 Å². The van der Waals surface area contributed by atoms with E-state index in [1.54, 1.807) is 29.5 Å². The summed E-state index contributed by atoms with van der Waals surface area (Å²) in [5.74, 6) is 0.571. The van der Waals surface area contributed by atoms with Crippen LogP contribution < -0.4 is 10.5 Å². The number of rotatable bonds is 4. The fourth-order valence-electron chi connectivity index (χ4n) is 1.93. The van der Waals surface area contributed by atoms with Crippen molar-refractivity contribution in [2.24, 2.45) is 5.73 Å². The molecule has 1 heterocycles. The highest BCUT2D eigenvalue weighted by atomic mass is 35.5. The fraction of sp³-hybridized carbons (Fsp3) is 0.0667. The van der Waals surface area contributed by atoms with Gasteiger partial charge < -0.3 is 10.5 Å². The first kappa shape index (κ1) is 13.9. The second-order valence-electron chi connectivity index (χ2n) is 4.42. The molecule has 1 aromatic heterocycles. The van der Waals surface area contributed by atoms with Gasteiger partial charge in [0.2, 0.25) is 0 Å². The first-order valence-electron chi connectivity index (χ1n) is 6.24. The van der Waals surface area contributed by atoms with E-state index in [2.05, 4.69) is 4.98 Å². The van der Waals surface area contributed by atoms with Crippen molar-refractivity contribution in [3.05, 3.63) is 58.1 Å². The van der Waals surface area contributed by atoms with E-state index < -0.39 is 0 Å². The van der Waals surface area contributed by atoms with Crippen molar-refractivity contribution in [1.29, 1.82) is 5.41 Å². The number of nitrogens with one attached hydrogen (secondary N) is 1. The van der Waals surface area contributed by atoms with Gasteiger partial charge in [-0.1, -0.05) is 23.7 Å². The van der Waals surface area contributed by atoms with E-state index in [0.717, 1.165) is 15.2 Å². The largest absolute Gasteiger partial charge is 0.486 e. The molecule has 0 fully saturated rings. The normalized spacial score (nSPS) is 10.7. The van der Waals surface area contributed by atoms with Gasteiger partial charge in [-0.3, -0.25) is 5.41 Å². The summed E-state index contributed by atoms with van der Waals surface area (Å²) in [7, 11) is 0. The molecule has 0 unspecified atom stereocenters. The van der Waals surface area contributed by atoms with E-state index in [1.165, 1.54) is 0 Å². The van der Waals surface area contributed by atoms with Crippen LogP contribution >= 0.6 is 22.9 Å². The number of amidine groups is 1. The molecule has 0 aliphatic heterocycles. The van der Waals surface area contributed by atoms with Crippen LogP contribution in [0.1, 0.15) is 10.6 Å². The molecule has 0 saturated carbocycles. The maximum absolute atomic E-state index is 7.39. The van der Waals surface area contributed by atoms with Crippen molar-refractivity contribution in [3.63, 3.8) is 0 Å². The second kappa shape index (κ2) is 5.71. The van der Waals surface area contributed by atoms with Gasteiger partial charge >= 0.3 is 0 Å². The molecule has 0 bridgehead atoms. The van der Waals surface area contributed by atoms with Crippen LogP contribution in [0.15, 0.2) is 42.5 Å². The highest BCUT2D eigenvalue weighted by molar-refractivity contribution is 7.18. The van der Waals surface area contributed by atoms with Crippen LogP contribution in [0.5, 0.6) is 5.75 Å². The molecule has 0 amide bonds. The maximum atomic E-state index is 7.39. The van der Waals surface area contributed by atoms with Crippen LogP contribution in [0, 0.1) is 5.41 Å².